The molecular formula is C14H21FN2O. The maximum Gasteiger partial charge on any atom is 0.165 e. The van der Waals surface area contributed by atoms with Crippen LogP contribution >= 0.6 is 0 Å². The van der Waals surface area contributed by atoms with Gasteiger partial charge in [-0.15, -0.1) is 0 Å². The minimum absolute atomic E-state index is 0.282. The predicted molar refractivity (Wildman–Crippen MR) is 70.3 cm³/mol. The van der Waals surface area contributed by atoms with Gasteiger partial charge in [0.25, 0.3) is 0 Å². The third-order valence-electron chi connectivity index (χ3n) is 3.54. The summed E-state index contributed by atoms with van der Waals surface area (Å²) in [6.45, 7) is 6.10. The number of nitrogens with zero attached hydrogens (tertiary/aromatic N) is 1. The van der Waals surface area contributed by atoms with Crippen LogP contribution in [-0.2, 0) is 6.54 Å². The van der Waals surface area contributed by atoms with Gasteiger partial charge in [0.2, 0.25) is 0 Å². The molecule has 0 spiro atoms. The highest BCUT2D eigenvalue weighted by Crippen LogP contribution is 2.19. The Hall–Kier alpha value is -1.13. The van der Waals surface area contributed by atoms with E-state index in [4.69, 9.17) is 4.74 Å². The minimum atomic E-state index is -0.282. The molecule has 1 aliphatic rings. The van der Waals surface area contributed by atoms with Crippen LogP contribution in [0.3, 0.4) is 0 Å². The lowest BCUT2D eigenvalue weighted by Crippen LogP contribution is -2.33. The van der Waals surface area contributed by atoms with Crippen molar-refractivity contribution < 1.29 is 9.13 Å². The Bertz CT molecular complexity index is 397. The van der Waals surface area contributed by atoms with Crippen LogP contribution in [0, 0.1) is 5.82 Å². The Morgan fingerprint density at radius 3 is 3.00 bits per heavy atom. The quantitative estimate of drug-likeness (QED) is 0.890. The number of methoxy groups -OCH3 is 1. The molecule has 1 aromatic rings. The van der Waals surface area contributed by atoms with Gasteiger partial charge in [0, 0.05) is 25.7 Å². The first kappa shape index (κ1) is 13.3. The molecule has 0 aromatic heterocycles. The molecular weight excluding hydrogens is 231 g/mol. The van der Waals surface area contributed by atoms with E-state index in [1.165, 1.54) is 7.11 Å². The van der Waals surface area contributed by atoms with Gasteiger partial charge < -0.3 is 10.1 Å². The molecule has 100 valence electrons. The Morgan fingerprint density at radius 2 is 2.28 bits per heavy atom. The standard InChI is InChI=1S/C14H21FN2O/c1-11-5-6-16-7-8-17(11)10-12-3-4-14(18-2)13(15)9-12/h3-4,9,11,16H,5-8,10H2,1-2H3. The van der Waals surface area contributed by atoms with E-state index in [1.54, 1.807) is 12.1 Å². The Labute approximate surface area is 108 Å². The summed E-state index contributed by atoms with van der Waals surface area (Å²) < 4.78 is 18.6. The lowest BCUT2D eigenvalue weighted by atomic mass is 10.1. The fourth-order valence-electron chi connectivity index (χ4n) is 2.34. The molecule has 3 nitrogen and oxygen atoms in total. The average molecular weight is 252 g/mol. The van der Waals surface area contributed by atoms with E-state index in [-0.39, 0.29) is 5.82 Å². The average Bonchev–Trinajstić information content (AvgIpc) is 2.55. The highest BCUT2D eigenvalue weighted by Gasteiger charge is 2.17. The van der Waals surface area contributed by atoms with E-state index >= 15 is 0 Å². The van der Waals surface area contributed by atoms with Crippen molar-refractivity contribution in [1.29, 1.82) is 0 Å². The van der Waals surface area contributed by atoms with E-state index in [9.17, 15) is 4.39 Å². The lowest BCUT2D eigenvalue weighted by molar-refractivity contribution is 0.211. The van der Waals surface area contributed by atoms with Crippen LogP contribution in [0.25, 0.3) is 0 Å². The molecule has 1 fully saturated rings. The monoisotopic (exact) mass is 252 g/mol. The number of ether oxygens (including phenoxy) is 1. The maximum atomic E-state index is 13.6. The molecule has 1 N–H and O–H groups in total. The van der Waals surface area contributed by atoms with Gasteiger partial charge in [-0.25, -0.2) is 4.39 Å². The summed E-state index contributed by atoms with van der Waals surface area (Å²) in [4.78, 5) is 2.39. The molecule has 0 radical (unpaired) electrons. The van der Waals surface area contributed by atoms with Crippen molar-refractivity contribution in [2.45, 2.75) is 25.9 Å². The summed E-state index contributed by atoms with van der Waals surface area (Å²) >= 11 is 0. The number of halogens is 1. The molecule has 0 bridgehead atoms. The number of hydrogen-bond donors (Lipinski definition) is 1. The highest BCUT2D eigenvalue weighted by atomic mass is 19.1. The van der Waals surface area contributed by atoms with Crippen molar-refractivity contribution in [3.05, 3.63) is 29.6 Å². The largest absolute Gasteiger partial charge is 0.494 e. The second kappa shape index (κ2) is 6.16. The van der Waals surface area contributed by atoms with Crippen LogP contribution in [0.1, 0.15) is 18.9 Å². The zero-order valence-electron chi connectivity index (χ0n) is 11.1. The van der Waals surface area contributed by atoms with Crippen LogP contribution in [0.4, 0.5) is 4.39 Å². The van der Waals surface area contributed by atoms with Gasteiger partial charge in [0.05, 0.1) is 7.11 Å². The molecule has 1 heterocycles. The first-order valence-corrected chi connectivity index (χ1v) is 6.48. The van der Waals surface area contributed by atoms with E-state index in [0.717, 1.165) is 38.2 Å². The molecule has 1 aromatic carbocycles. The van der Waals surface area contributed by atoms with Crippen molar-refractivity contribution in [3.63, 3.8) is 0 Å². The van der Waals surface area contributed by atoms with E-state index < -0.39 is 0 Å². The van der Waals surface area contributed by atoms with Crippen LogP contribution in [0.5, 0.6) is 5.75 Å². The molecule has 1 atom stereocenters. The zero-order chi connectivity index (χ0) is 13.0. The van der Waals surface area contributed by atoms with Gasteiger partial charge >= 0.3 is 0 Å². The summed E-state index contributed by atoms with van der Waals surface area (Å²) in [7, 11) is 1.49. The summed E-state index contributed by atoms with van der Waals surface area (Å²) in [6.07, 6.45) is 1.14. The smallest absolute Gasteiger partial charge is 0.165 e. The fourth-order valence-corrected chi connectivity index (χ4v) is 2.34. The van der Waals surface area contributed by atoms with E-state index in [1.807, 2.05) is 6.07 Å². The van der Waals surface area contributed by atoms with Crippen molar-refractivity contribution in [2.24, 2.45) is 0 Å². The van der Waals surface area contributed by atoms with E-state index in [2.05, 4.69) is 17.1 Å². The van der Waals surface area contributed by atoms with Gasteiger partial charge in [-0.3, -0.25) is 4.90 Å². The van der Waals surface area contributed by atoms with Crippen LogP contribution in [0.15, 0.2) is 18.2 Å². The van der Waals surface area contributed by atoms with Crippen molar-refractivity contribution in [2.75, 3.05) is 26.7 Å². The number of rotatable bonds is 3. The van der Waals surface area contributed by atoms with Gasteiger partial charge in [0.1, 0.15) is 0 Å². The topological polar surface area (TPSA) is 24.5 Å². The van der Waals surface area contributed by atoms with Gasteiger partial charge in [-0.1, -0.05) is 6.07 Å². The summed E-state index contributed by atoms with van der Waals surface area (Å²) in [5.74, 6) is 0.0277. The zero-order valence-corrected chi connectivity index (χ0v) is 11.1. The Morgan fingerprint density at radius 1 is 1.44 bits per heavy atom. The summed E-state index contributed by atoms with van der Waals surface area (Å²) in [6, 6.07) is 5.74. The van der Waals surface area contributed by atoms with Crippen molar-refractivity contribution in [3.8, 4) is 5.75 Å². The Kier molecular flexibility index (Phi) is 4.55. The first-order valence-electron chi connectivity index (χ1n) is 6.48. The molecule has 4 heteroatoms. The van der Waals surface area contributed by atoms with Crippen molar-refractivity contribution in [1.82, 2.24) is 10.2 Å². The molecule has 1 aliphatic heterocycles. The second-order valence-electron chi connectivity index (χ2n) is 4.83. The maximum absolute atomic E-state index is 13.6. The number of benzene rings is 1. The second-order valence-corrected chi connectivity index (χ2v) is 4.83. The SMILES string of the molecule is COc1ccc(CN2CCNCCC2C)cc1F. The third-order valence-corrected chi connectivity index (χ3v) is 3.54. The Balaban J connectivity index is 2.05. The van der Waals surface area contributed by atoms with E-state index in [0.29, 0.717) is 11.8 Å². The third kappa shape index (κ3) is 3.21. The van der Waals surface area contributed by atoms with Crippen LogP contribution < -0.4 is 10.1 Å². The van der Waals surface area contributed by atoms with Crippen LogP contribution in [0.2, 0.25) is 0 Å². The predicted octanol–water partition coefficient (Wildman–Crippen LogP) is 2.02. The molecule has 0 saturated carbocycles. The normalized spacial score (nSPS) is 21.6. The van der Waals surface area contributed by atoms with Gasteiger partial charge in [-0.2, -0.15) is 0 Å². The van der Waals surface area contributed by atoms with Gasteiger partial charge in [-0.05, 0) is 37.6 Å². The van der Waals surface area contributed by atoms with Crippen LogP contribution in [-0.4, -0.2) is 37.7 Å². The highest BCUT2D eigenvalue weighted by molar-refractivity contribution is 5.29. The summed E-state index contributed by atoms with van der Waals surface area (Å²) in [5, 5.41) is 3.39. The first-order chi connectivity index (χ1) is 8.70. The molecule has 0 amide bonds. The lowest BCUT2D eigenvalue weighted by Gasteiger charge is -2.26. The van der Waals surface area contributed by atoms with Gasteiger partial charge in [0.15, 0.2) is 11.6 Å². The molecule has 2 rings (SSSR count). The summed E-state index contributed by atoms with van der Waals surface area (Å²) in [5.41, 5.74) is 1.00. The molecule has 18 heavy (non-hydrogen) atoms. The number of hydrogen-bond acceptors (Lipinski definition) is 3. The molecule has 0 aliphatic carbocycles. The number of nitrogens with one attached hydrogen (secondary N) is 1. The molecule has 1 saturated heterocycles. The minimum Gasteiger partial charge on any atom is -0.494 e. The fraction of sp³-hybridized carbons (Fsp3) is 0.571. The van der Waals surface area contributed by atoms with Crippen molar-refractivity contribution >= 4 is 0 Å². The molecule has 1 unspecified atom stereocenters.